The van der Waals surface area contributed by atoms with Crippen molar-refractivity contribution in [3.8, 4) is 0 Å². The van der Waals surface area contributed by atoms with E-state index in [9.17, 15) is 23.6 Å². The molecule has 34 heavy (non-hydrogen) atoms. The Morgan fingerprint density at radius 2 is 1.97 bits per heavy atom. The van der Waals surface area contributed by atoms with E-state index >= 15 is 0 Å². The minimum absolute atomic E-state index is 0.00320. The van der Waals surface area contributed by atoms with Gasteiger partial charge in [0.2, 0.25) is 5.91 Å². The highest BCUT2D eigenvalue weighted by Gasteiger charge is 2.52. The molecular weight excluding hydrogens is 441 g/mol. The van der Waals surface area contributed by atoms with Crippen molar-refractivity contribution in [2.24, 2.45) is 5.92 Å². The van der Waals surface area contributed by atoms with Gasteiger partial charge in [-0.2, -0.15) is 0 Å². The van der Waals surface area contributed by atoms with E-state index < -0.39 is 17.4 Å². The van der Waals surface area contributed by atoms with E-state index in [2.05, 4.69) is 16.0 Å². The number of halogens is 1. The largest absolute Gasteiger partial charge is 0.342 e. The zero-order valence-corrected chi connectivity index (χ0v) is 19.3. The molecule has 3 fully saturated rings. The Hall–Kier alpha value is -3.17. The van der Waals surface area contributed by atoms with Crippen LogP contribution in [0, 0.1) is 11.7 Å². The number of hydrogen-bond acceptors (Lipinski definition) is 4. The highest BCUT2D eigenvalue weighted by atomic mass is 19.1. The molecule has 0 aromatic heterocycles. The van der Waals surface area contributed by atoms with Crippen molar-refractivity contribution in [1.82, 2.24) is 20.4 Å². The third-order valence-electron chi connectivity index (χ3n) is 6.98. The number of piperidine rings is 1. The lowest BCUT2D eigenvalue weighted by Gasteiger charge is -2.33. The Morgan fingerprint density at radius 1 is 1.18 bits per heavy atom. The number of imide groups is 1. The summed E-state index contributed by atoms with van der Waals surface area (Å²) in [6.07, 6.45) is 5.71. The average Bonchev–Trinajstić information content (AvgIpc) is 3.38. The van der Waals surface area contributed by atoms with Gasteiger partial charge in [-0.3, -0.25) is 14.5 Å². The standard InChI is InChI=1S/C24H32FN5O4/c25-18-7-3-8-19(14-18)27-22(33)26-15-17-6-4-12-29(16-17)20(31)9-5-13-30-21(32)24(28-23(30)34)10-1-2-11-24/h3,7-8,14,17H,1-2,4-6,9-13,15-16H2,(H,28,34)(H2,26,27,33). The lowest BCUT2D eigenvalue weighted by Crippen LogP contribution is -2.45. The maximum absolute atomic E-state index is 13.2. The summed E-state index contributed by atoms with van der Waals surface area (Å²) in [5.74, 6) is -0.448. The topological polar surface area (TPSA) is 111 Å². The molecule has 1 atom stereocenters. The summed E-state index contributed by atoms with van der Waals surface area (Å²) in [7, 11) is 0. The van der Waals surface area contributed by atoms with E-state index in [1.165, 1.54) is 23.1 Å². The van der Waals surface area contributed by atoms with E-state index in [0.29, 0.717) is 44.6 Å². The number of benzene rings is 1. The molecule has 0 radical (unpaired) electrons. The second-order valence-electron chi connectivity index (χ2n) is 9.47. The van der Waals surface area contributed by atoms with Crippen molar-refractivity contribution >= 4 is 29.6 Å². The number of carbonyl (C=O) groups excluding carboxylic acids is 4. The second-order valence-corrected chi connectivity index (χ2v) is 9.47. The smallest absolute Gasteiger partial charge is 0.325 e. The molecule has 1 spiro atoms. The fraction of sp³-hybridized carbons (Fsp3) is 0.583. The fourth-order valence-electron chi connectivity index (χ4n) is 5.18. The van der Waals surface area contributed by atoms with Crippen LogP contribution in [0.3, 0.4) is 0 Å². The summed E-state index contributed by atoms with van der Waals surface area (Å²) in [4.78, 5) is 52.9. The third kappa shape index (κ3) is 5.48. The monoisotopic (exact) mass is 473 g/mol. The van der Waals surface area contributed by atoms with Crippen LogP contribution in [0.4, 0.5) is 19.7 Å². The summed E-state index contributed by atoms with van der Waals surface area (Å²) >= 11 is 0. The lowest BCUT2D eigenvalue weighted by molar-refractivity contribution is -0.134. The van der Waals surface area contributed by atoms with Gasteiger partial charge in [-0.05, 0) is 56.2 Å². The van der Waals surface area contributed by atoms with Gasteiger partial charge in [-0.1, -0.05) is 18.9 Å². The van der Waals surface area contributed by atoms with Gasteiger partial charge < -0.3 is 20.9 Å². The van der Waals surface area contributed by atoms with E-state index in [4.69, 9.17) is 0 Å². The van der Waals surface area contributed by atoms with Gasteiger partial charge in [-0.15, -0.1) is 0 Å². The SMILES string of the molecule is O=C(NCC1CCCN(C(=O)CCCN2C(=O)NC3(CCCC3)C2=O)C1)Nc1cccc(F)c1. The summed E-state index contributed by atoms with van der Waals surface area (Å²) < 4.78 is 13.2. The summed E-state index contributed by atoms with van der Waals surface area (Å²) in [5, 5.41) is 8.26. The van der Waals surface area contributed by atoms with Gasteiger partial charge >= 0.3 is 12.1 Å². The predicted octanol–water partition coefficient (Wildman–Crippen LogP) is 2.83. The molecule has 1 unspecified atom stereocenters. The fourth-order valence-corrected chi connectivity index (χ4v) is 5.18. The van der Waals surface area contributed by atoms with E-state index in [1.807, 2.05) is 0 Å². The van der Waals surface area contributed by atoms with Crippen LogP contribution in [0.2, 0.25) is 0 Å². The normalized spacial score (nSPS) is 21.6. The third-order valence-corrected chi connectivity index (χ3v) is 6.98. The molecule has 1 aromatic rings. The first-order valence-electron chi connectivity index (χ1n) is 12.1. The zero-order valence-electron chi connectivity index (χ0n) is 19.3. The van der Waals surface area contributed by atoms with Crippen molar-refractivity contribution in [2.45, 2.75) is 56.9 Å². The molecule has 2 saturated heterocycles. The molecule has 3 aliphatic rings. The average molecular weight is 474 g/mol. The molecule has 2 heterocycles. The molecule has 1 saturated carbocycles. The van der Waals surface area contributed by atoms with E-state index in [-0.39, 0.29) is 36.7 Å². The Bertz CT molecular complexity index is 949. The maximum atomic E-state index is 13.2. The van der Waals surface area contributed by atoms with Gasteiger partial charge in [0.1, 0.15) is 11.4 Å². The summed E-state index contributed by atoms with van der Waals surface area (Å²) in [6, 6.07) is 4.92. The first-order valence-corrected chi connectivity index (χ1v) is 12.1. The van der Waals surface area contributed by atoms with Gasteiger partial charge in [0.25, 0.3) is 5.91 Å². The van der Waals surface area contributed by atoms with Crippen molar-refractivity contribution in [3.05, 3.63) is 30.1 Å². The quantitative estimate of drug-likeness (QED) is 0.529. The van der Waals surface area contributed by atoms with Gasteiger partial charge in [-0.25, -0.2) is 14.0 Å². The number of amides is 6. The number of carbonyl (C=O) groups is 4. The molecule has 3 N–H and O–H groups in total. The zero-order chi connectivity index (χ0) is 24.1. The van der Waals surface area contributed by atoms with Crippen LogP contribution in [-0.2, 0) is 9.59 Å². The summed E-state index contributed by atoms with van der Waals surface area (Å²) in [6.45, 7) is 1.87. The van der Waals surface area contributed by atoms with E-state index in [0.717, 1.165) is 25.7 Å². The number of nitrogens with one attached hydrogen (secondary N) is 3. The second kappa shape index (κ2) is 10.4. The Balaban J connectivity index is 1.18. The van der Waals surface area contributed by atoms with Crippen molar-refractivity contribution < 1.29 is 23.6 Å². The number of urea groups is 2. The molecular formula is C24H32FN5O4. The highest BCUT2D eigenvalue weighted by molar-refractivity contribution is 6.07. The van der Waals surface area contributed by atoms with Crippen LogP contribution in [0.25, 0.3) is 0 Å². The summed E-state index contributed by atoms with van der Waals surface area (Å²) in [5.41, 5.74) is -0.336. The van der Waals surface area contributed by atoms with Crippen molar-refractivity contribution in [3.63, 3.8) is 0 Å². The first-order chi connectivity index (χ1) is 16.4. The Labute approximate surface area is 198 Å². The first kappa shape index (κ1) is 24.0. The van der Waals surface area contributed by atoms with Crippen LogP contribution in [0.15, 0.2) is 24.3 Å². The van der Waals surface area contributed by atoms with Gasteiger partial charge in [0.15, 0.2) is 0 Å². The van der Waals surface area contributed by atoms with Gasteiger partial charge in [0.05, 0.1) is 0 Å². The Morgan fingerprint density at radius 3 is 2.74 bits per heavy atom. The molecule has 184 valence electrons. The lowest BCUT2D eigenvalue weighted by atomic mass is 9.97. The molecule has 4 rings (SSSR count). The van der Waals surface area contributed by atoms with Crippen LogP contribution >= 0.6 is 0 Å². The van der Waals surface area contributed by atoms with Crippen LogP contribution < -0.4 is 16.0 Å². The maximum Gasteiger partial charge on any atom is 0.325 e. The molecule has 10 heteroatoms. The van der Waals surface area contributed by atoms with Crippen LogP contribution in [-0.4, -0.2) is 65.4 Å². The number of hydrogen-bond donors (Lipinski definition) is 3. The molecule has 0 bridgehead atoms. The highest BCUT2D eigenvalue weighted by Crippen LogP contribution is 2.35. The van der Waals surface area contributed by atoms with Crippen molar-refractivity contribution in [1.29, 1.82) is 0 Å². The Kier molecular flexibility index (Phi) is 7.33. The predicted molar refractivity (Wildman–Crippen MR) is 123 cm³/mol. The number of nitrogens with zero attached hydrogens (tertiary/aromatic N) is 2. The van der Waals surface area contributed by atoms with Gasteiger partial charge in [0, 0.05) is 38.3 Å². The van der Waals surface area contributed by atoms with Crippen molar-refractivity contribution in [2.75, 3.05) is 31.5 Å². The molecule has 2 aliphatic heterocycles. The molecule has 9 nitrogen and oxygen atoms in total. The minimum atomic E-state index is -0.713. The van der Waals surface area contributed by atoms with Crippen LogP contribution in [0.5, 0.6) is 0 Å². The van der Waals surface area contributed by atoms with E-state index in [1.54, 1.807) is 11.0 Å². The number of likely N-dealkylation sites (tertiary alicyclic amines) is 1. The number of anilines is 1. The molecule has 1 aromatic carbocycles. The molecule has 1 aliphatic carbocycles. The molecule has 6 amide bonds. The van der Waals surface area contributed by atoms with Crippen LogP contribution in [0.1, 0.15) is 51.4 Å². The number of rotatable bonds is 7. The minimum Gasteiger partial charge on any atom is -0.342 e.